The minimum atomic E-state index is -3.01. The van der Waals surface area contributed by atoms with Crippen LogP contribution >= 0.6 is 23.2 Å². The first-order chi connectivity index (χ1) is 6.91. The van der Waals surface area contributed by atoms with E-state index in [4.69, 9.17) is 28.9 Å². The van der Waals surface area contributed by atoms with E-state index in [2.05, 4.69) is 4.74 Å². The quantitative estimate of drug-likeness (QED) is 0.903. The predicted octanol–water partition coefficient (Wildman–Crippen LogP) is 2.69. The van der Waals surface area contributed by atoms with Gasteiger partial charge in [-0.05, 0) is 6.07 Å². The van der Waals surface area contributed by atoms with Crippen molar-refractivity contribution in [1.82, 2.24) is 0 Å². The van der Waals surface area contributed by atoms with E-state index in [1.807, 2.05) is 0 Å². The highest BCUT2D eigenvalue weighted by molar-refractivity contribution is 6.44. The van der Waals surface area contributed by atoms with Crippen LogP contribution in [-0.2, 0) is 0 Å². The monoisotopic (exact) mass is 255 g/mol. The first kappa shape index (κ1) is 12.0. The van der Waals surface area contributed by atoms with Crippen molar-refractivity contribution in [3.63, 3.8) is 0 Å². The van der Waals surface area contributed by atoms with E-state index < -0.39 is 12.5 Å². The first-order valence-electron chi connectivity index (χ1n) is 3.65. The Hall–Kier alpha value is -1.07. The normalized spacial score (nSPS) is 10.5. The summed E-state index contributed by atoms with van der Waals surface area (Å²) in [6, 6.07) is 2.07. The summed E-state index contributed by atoms with van der Waals surface area (Å²) in [4.78, 5) is 10.8. The van der Waals surface area contributed by atoms with Gasteiger partial charge >= 0.3 is 6.61 Å². The highest BCUT2D eigenvalue weighted by atomic mass is 35.5. The van der Waals surface area contributed by atoms with Gasteiger partial charge in [-0.25, -0.2) is 0 Å². The van der Waals surface area contributed by atoms with Crippen molar-refractivity contribution in [1.29, 1.82) is 0 Å². The second-order valence-corrected chi connectivity index (χ2v) is 3.29. The molecule has 0 radical (unpaired) electrons. The number of alkyl halides is 2. The van der Waals surface area contributed by atoms with Gasteiger partial charge in [0.1, 0.15) is 5.75 Å². The number of carbonyl (C=O) groups is 1. The molecule has 82 valence electrons. The third-order valence-electron chi connectivity index (χ3n) is 1.49. The average molecular weight is 256 g/mol. The lowest BCUT2D eigenvalue weighted by atomic mass is 10.2. The highest BCUT2D eigenvalue weighted by Gasteiger charge is 2.14. The van der Waals surface area contributed by atoms with Crippen molar-refractivity contribution >= 4 is 29.1 Å². The molecule has 1 aromatic carbocycles. The molecule has 1 amide bonds. The van der Waals surface area contributed by atoms with Gasteiger partial charge < -0.3 is 10.5 Å². The zero-order valence-electron chi connectivity index (χ0n) is 7.14. The van der Waals surface area contributed by atoms with Crippen LogP contribution in [0.5, 0.6) is 5.75 Å². The Kier molecular flexibility index (Phi) is 3.71. The first-order valence-corrected chi connectivity index (χ1v) is 4.41. The Labute approximate surface area is 93.7 Å². The summed E-state index contributed by atoms with van der Waals surface area (Å²) in [5.74, 6) is -1.14. The fourth-order valence-corrected chi connectivity index (χ4v) is 1.33. The number of ether oxygens (including phenoxy) is 1. The lowest BCUT2D eigenvalue weighted by Crippen LogP contribution is -2.12. The third kappa shape index (κ3) is 2.94. The zero-order valence-corrected chi connectivity index (χ0v) is 8.65. The van der Waals surface area contributed by atoms with Crippen LogP contribution in [-0.4, -0.2) is 12.5 Å². The van der Waals surface area contributed by atoms with Gasteiger partial charge in [-0.2, -0.15) is 8.78 Å². The van der Waals surface area contributed by atoms with Gasteiger partial charge in [0.05, 0.1) is 15.6 Å². The van der Waals surface area contributed by atoms with Crippen LogP contribution in [0, 0.1) is 0 Å². The predicted molar refractivity (Wildman–Crippen MR) is 51.6 cm³/mol. The van der Waals surface area contributed by atoms with E-state index in [0.717, 1.165) is 12.1 Å². The molecule has 0 aliphatic rings. The molecule has 0 unspecified atom stereocenters. The lowest BCUT2D eigenvalue weighted by molar-refractivity contribution is -0.0498. The molecule has 0 fully saturated rings. The third-order valence-corrected chi connectivity index (χ3v) is 2.29. The molecule has 0 bridgehead atoms. The summed E-state index contributed by atoms with van der Waals surface area (Å²) in [5.41, 5.74) is 4.79. The molecule has 2 N–H and O–H groups in total. The molecule has 0 saturated carbocycles. The van der Waals surface area contributed by atoms with Gasteiger partial charge in [-0.3, -0.25) is 4.79 Å². The average Bonchev–Trinajstić information content (AvgIpc) is 2.09. The highest BCUT2D eigenvalue weighted by Crippen LogP contribution is 2.31. The maximum atomic E-state index is 11.9. The number of halogens is 4. The van der Waals surface area contributed by atoms with Gasteiger partial charge in [-0.15, -0.1) is 0 Å². The van der Waals surface area contributed by atoms with Crippen molar-refractivity contribution in [2.45, 2.75) is 6.61 Å². The maximum absolute atomic E-state index is 11.9. The maximum Gasteiger partial charge on any atom is 0.387 e. The van der Waals surface area contributed by atoms with Gasteiger partial charge in [0.2, 0.25) is 5.91 Å². The molecule has 0 atom stereocenters. The van der Waals surface area contributed by atoms with Crippen molar-refractivity contribution < 1.29 is 18.3 Å². The number of hydrogen-bond acceptors (Lipinski definition) is 2. The van der Waals surface area contributed by atoms with Crippen LogP contribution in [0.1, 0.15) is 10.4 Å². The van der Waals surface area contributed by atoms with E-state index in [0.29, 0.717) is 0 Å². The van der Waals surface area contributed by atoms with Gasteiger partial charge in [0.25, 0.3) is 0 Å². The molecule has 0 aliphatic carbocycles. The second kappa shape index (κ2) is 4.63. The summed E-state index contributed by atoms with van der Waals surface area (Å²) in [6.45, 7) is -3.01. The van der Waals surface area contributed by atoms with Crippen molar-refractivity contribution in [3.05, 3.63) is 27.7 Å². The summed E-state index contributed by atoms with van der Waals surface area (Å²) >= 11 is 11.2. The van der Waals surface area contributed by atoms with Crippen LogP contribution < -0.4 is 10.5 Å². The molecule has 1 rings (SSSR count). The molecule has 15 heavy (non-hydrogen) atoms. The van der Waals surface area contributed by atoms with Crippen molar-refractivity contribution in [2.75, 3.05) is 0 Å². The molecule has 0 spiro atoms. The number of hydrogen-bond donors (Lipinski definition) is 1. The summed E-state index contributed by atoms with van der Waals surface area (Å²) in [7, 11) is 0. The molecular formula is C8H5Cl2F2NO2. The number of carbonyl (C=O) groups excluding carboxylic acids is 1. The number of benzene rings is 1. The standard InChI is InChI=1S/C8H5Cl2F2NO2/c9-5-2-3(15-8(11)12)1-4(6(5)10)7(13)14/h1-2,8H,(H2,13,14). The Morgan fingerprint density at radius 1 is 1.40 bits per heavy atom. The SMILES string of the molecule is NC(=O)c1cc(OC(F)F)cc(Cl)c1Cl. The number of nitrogens with two attached hydrogens (primary N) is 1. The molecular weight excluding hydrogens is 251 g/mol. The second-order valence-electron chi connectivity index (χ2n) is 2.51. The minimum absolute atomic E-state index is 0.0800. The van der Waals surface area contributed by atoms with Crippen LogP contribution in [0.3, 0.4) is 0 Å². The van der Waals surface area contributed by atoms with E-state index in [1.165, 1.54) is 0 Å². The molecule has 1 aromatic rings. The van der Waals surface area contributed by atoms with Crippen molar-refractivity contribution in [3.8, 4) is 5.75 Å². The van der Waals surface area contributed by atoms with Crippen molar-refractivity contribution in [2.24, 2.45) is 5.73 Å². The van der Waals surface area contributed by atoms with Gasteiger partial charge in [-0.1, -0.05) is 23.2 Å². The Morgan fingerprint density at radius 3 is 2.47 bits per heavy atom. The van der Waals surface area contributed by atoms with Gasteiger partial charge in [0, 0.05) is 6.07 Å². The van der Waals surface area contributed by atoms with Gasteiger partial charge in [0.15, 0.2) is 0 Å². The summed E-state index contributed by atoms with van der Waals surface area (Å²) < 4.78 is 27.8. The topological polar surface area (TPSA) is 52.3 Å². The minimum Gasteiger partial charge on any atom is -0.435 e. The number of primary amides is 1. The summed E-state index contributed by atoms with van der Waals surface area (Å²) in [5, 5.41) is -0.172. The van der Waals surface area contributed by atoms with Crippen LogP contribution in [0.25, 0.3) is 0 Å². The van der Waals surface area contributed by atoms with E-state index >= 15 is 0 Å². The number of rotatable bonds is 3. The molecule has 0 aliphatic heterocycles. The Bertz CT molecular complexity index is 398. The van der Waals surface area contributed by atoms with E-state index in [1.54, 1.807) is 0 Å². The smallest absolute Gasteiger partial charge is 0.387 e. The fraction of sp³-hybridized carbons (Fsp3) is 0.125. The van der Waals surface area contributed by atoms with E-state index in [-0.39, 0.29) is 21.4 Å². The molecule has 0 heterocycles. The Balaban J connectivity index is 3.17. The largest absolute Gasteiger partial charge is 0.435 e. The molecule has 0 aromatic heterocycles. The zero-order chi connectivity index (χ0) is 11.6. The number of amides is 1. The Morgan fingerprint density at radius 2 is 2.00 bits per heavy atom. The fourth-order valence-electron chi connectivity index (χ4n) is 0.914. The molecule has 0 saturated heterocycles. The summed E-state index contributed by atoms with van der Waals surface area (Å²) in [6.07, 6.45) is 0. The van der Waals surface area contributed by atoms with Crippen LogP contribution in [0.15, 0.2) is 12.1 Å². The molecule has 7 heteroatoms. The van der Waals surface area contributed by atoms with Crippen LogP contribution in [0.2, 0.25) is 10.0 Å². The van der Waals surface area contributed by atoms with E-state index in [9.17, 15) is 13.6 Å². The molecule has 3 nitrogen and oxygen atoms in total. The van der Waals surface area contributed by atoms with Crippen LogP contribution in [0.4, 0.5) is 8.78 Å². The lowest BCUT2D eigenvalue weighted by Gasteiger charge is -2.08.